The van der Waals surface area contributed by atoms with Crippen LogP contribution >= 0.6 is 27.3 Å². The predicted molar refractivity (Wildman–Crippen MR) is 89.0 cm³/mol. The van der Waals surface area contributed by atoms with Crippen LogP contribution in [0.1, 0.15) is 34.6 Å². The van der Waals surface area contributed by atoms with Crippen LogP contribution in [0.15, 0.2) is 39.5 Å². The SMILES string of the molecule is CC(C)NC(=O)c1ccccc1NC(=O)c1csc(Br)c1. The zero-order chi connectivity index (χ0) is 15.4. The monoisotopic (exact) mass is 366 g/mol. The first kappa shape index (κ1) is 15.7. The molecule has 2 aromatic rings. The molecule has 0 spiro atoms. The molecule has 2 N–H and O–H groups in total. The fraction of sp³-hybridized carbons (Fsp3) is 0.200. The molecule has 0 bridgehead atoms. The second kappa shape index (κ2) is 6.87. The number of carbonyl (C=O) groups excluding carboxylic acids is 2. The summed E-state index contributed by atoms with van der Waals surface area (Å²) in [6.45, 7) is 3.78. The van der Waals surface area contributed by atoms with Crippen molar-refractivity contribution >= 4 is 44.8 Å². The van der Waals surface area contributed by atoms with Crippen molar-refractivity contribution in [1.82, 2.24) is 5.32 Å². The van der Waals surface area contributed by atoms with Gasteiger partial charge in [0.05, 0.1) is 20.6 Å². The van der Waals surface area contributed by atoms with Crippen molar-refractivity contribution in [3.8, 4) is 0 Å². The van der Waals surface area contributed by atoms with Crippen LogP contribution in [0.4, 0.5) is 5.69 Å². The number of thiophene rings is 1. The number of para-hydroxylation sites is 1. The number of hydrogen-bond donors (Lipinski definition) is 2. The van der Waals surface area contributed by atoms with Gasteiger partial charge in [-0.15, -0.1) is 11.3 Å². The number of nitrogens with one attached hydrogen (secondary N) is 2. The summed E-state index contributed by atoms with van der Waals surface area (Å²) in [5.41, 5.74) is 1.52. The van der Waals surface area contributed by atoms with Gasteiger partial charge in [0.2, 0.25) is 0 Å². The Morgan fingerprint density at radius 2 is 1.90 bits per heavy atom. The van der Waals surface area contributed by atoms with Gasteiger partial charge in [-0.25, -0.2) is 0 Å². The quantitative estimate of drug-likeness (QED) is 0.861. The molecule has 4 nitrogen and oxygen atoms in total. The van der Waals surface area contributed by atoms with E-state index in [-0.39, 0.29) is 17.9 Å². The molecule has 0 radical (unpaired) electrons. The predicted octanol–water partition coefficient (Wildman–Crippen LogP) is 3.90. The third-order valence-electron chi connectivity index (χ3n) is 2.67. The molecule has 0 saturated heterocycles. The van der Waals surface area contributed by atoms with Crippen molar-refractivity contribution in [1.29, 1.82) is 0 Å². The lowest BCUT2D eigenvalue weighted by Crippen LogP contribution is -2.31. The summed E-state index contributed by atoms with van der Waals surface area (Å²) in [5, 5.41) is 7.36. The smallest absolute Gasteiger partial charge is 0.256 e. The standard InChI is InChI=1S/C15H15BrN2O2S/c1-9(2)17-15(20)11-5-3-4-6-12(11)18-14(19)10-7-13(16)21-8-10/h3-9H,1-2H3,(H,17,20)(H,18,19). The summed E-state index contributed by atoms with van der Waals surface area (Å²) in [5.74, 6) is -0.436. The van der Waals surface area contributed by atoms with Crippen LogP contribution in [0.5, 0.6) is 0 Å². The molecule has 6 heteroatoms. The van der Waals surface area contributed by atoms with E-state index in [4.69, 9.17) is 0 Å². The number of benzene rings is 1. The molecular formula is C15H15BrN2O2S. The van der Waals surface area contributed by atoms with Crippen molar-refractivity contribution in [2.75, 3.05) is 5.32 Å². The van der Waals surface area contributed by atoms with Crippen molar-refractivity contribution in [3.63, 3.8) is 0 Å². The second-order valence-corrected chi connectivity index (χ2v) is 7.06. The third-order valence-corrected chi connectivity index (χ3v) is 4.17. The Kier molecular flexibility index (Phi) is 5.14. The zero-order valence-electron chi connectivity index (χ0n) is 11.6. The Morgan fingerprint density at radius 1 is 1.19 bits per heavy atom. The summed E-state index contributed by atoms with van der Waals surface area (Å²) in [7, 11) is 0. The summed E-state index contributed by atoms with van der Waals surface area (Å²) in [4.78, 5) is 24.3. The van der Waals surface area contributed by atoms with Crippen LogP contribution in [-0.2, 0) is 0 Å². The number of rotatable bonds is 4. The first-order chi connectivity index (χ1) is 9.97. The highest BCUT2D eigenvalue weighted by Crippen LogP contribution is 2.22. The number of anilines is 1. The normalized spacial score (nSPS) is 10.5. The van der Waals surface area contributed by atoms with Crippen LogP contribution in [0, 0.1) is 0 Å². The molecule has 1 heterocycles. The Morgan fingerprint density at radius 3 is 2.52 bits per heavy atom. The summed E-state index contributed by atoms with van der Waals surface area (Å²) in [6, 6.07) is 8.74. The van der Waals surface area contributed by atoms with Crippen LogP contribution in [0.2, 0.25) is 0 Å². The van der Waals surface area contributed by atoms with E-state index in [0.717, 1.165) is 3.79 Å². The largest absolute Gasteiger partial charge is 0.350 e. The highest BCUT2D eigenvalue weighted by atomic mass is 79.9. The second-order valence-electron chi connectivity index (χ2n) is 4.77. The minimum Gasteiger partial charge on any atom is -0.350 e. The first-order valence-corrected chi connectivity index (χ1v) is 8.10. The molecule has 0 aliphatic rings. The fourth-order valence-corrected chi connectivity index (χ4v) is 2.89. The zero-order valence-corrected chi connectivity index (χ0v) is 14.0. The highest BCUT2D eigenvalue weighted by molar-refractivity contribution is 9.11. The summed E-state index contributed by atoms with van der Waals surface area (Å²) < 4.78 is 0.887. The van der Waals surface area contributed by atoms with Crippen molar-refractivity contribution < 1.29 is 9.59 Å². The van der Waals surface area contributed by atoms with Gasteiger partial charge in [-0.2, -0.15) is 0 Å². The molecule has 0 aliphatic heterocycles. The lowest BCUT2D eigenvalue weighted by atomic mass is 10.1. The third kappa shape index (κ3) is 4.15. The molecule has 1 aromatic carbocycles. The maximum Gasteiger partial charge on any atom is 0.256 e. The van der Waals surface area contributed by atoms with Crippen LogP contribution in [0.25, 0.3) is 0 Å². The Balaban J connectivity index is 2.20. The van der Waals surface area contributed by atoms with Gasteiger partial charge in [0.25, 0.3) is 11.8 Å². The molecule has 0 unspecified atom stereocenters. The van der Waals surface area contributed by atoms with E-state index in [1.54, 1.807) is 35.7 Å². The first-order valence-electron chi connectivity index (χ1n) is 6.42. The number of carbonyl (C=O) groups is 2. The lowest BCUT2D eigenvalue weighted by molar-refractivity contribution is 0.0944. The molecule has 0 saturated carbocycles. The van der Waals surface area contributed by atoms with Crippen LogP contribution in [0.3, 0.4) is 0 Å². The van der Waals surface area contributed by atoms with Crippen LogP contribution in [-0.4, -0.2) is 17.9 Å². The average molecular weight is 367 g/mol. The minimum atomic E-state index is -0.234. The Labute approximate surface area is 135 Å². The number of hydrogen-bond acceptors (Lipinski definition) is 3. The van der Waals surface area contributed by atoms with Gasteiger partial charge in [-0.05, 0) is 48.0 Å². The molecule has 110 valence electrons. The maximum atomic E-state index is 12.2. The van der Waals surface area contributed by atoms with E-state index in [9.17, 15) is 9.59 Å². The van der Waals surface area contributed by atoms with Crippen molar-refractivity contribution in [2.45, 2.75) is 19.9 Å². The van der Waals surface area contributed by atoms with E-state index in [1.165, 1.54) is 11.3 Å². The Hall–Kier alpha value is -1.66. The fourth-order valence-electron chi connectivity index (χ4n) is 1.75. The molecular weight excluding hydrogens is 352 g/mol. The van der Waals surface area contributed by atoms with E-state index < -0.39 is 0 Å². The van der Waals surface area contributed by atoms with E-state index in [2.05, 4.69) is 26.6 Å². The number of halogens is 1. The molecule has 2 rings (SSSR count). The Bertz CT molecular complexity index is 667. The molecule has 2 amide bonds. The van der Waals surface area contributed by atoms with Gasteiger partial charge < -0.3 is 10.6 Å². The van der Waals surface area contributed by atoms with Gasteiger partial charge >= 0.3 is 0 Å². The van der Waals surface area contributed by atoms with E-state index >= 15 is 0 Å². The lowest BCUT2D eigenvalue weighted by Gasteiger charge is -2.12. The van der Waals surface area contributed by atoms with Gasteiger partial charge in [0, 0.05) is 11.4 Å². The molecule has 0 atom stereocenters. The molecule has 21 heavy (non-hydrogen) atoms. The molecule has 1 aromatic heterocycles. The summed E-state index contributed by atoms with van der Waals surface area (Å²) >= 11 is 4.76. The highest BCUT2D eigenvalue weighted by Gasteiger charge is 2.15. The summed E-state index contributed by atoms with van der Waals surface area (Å²) in [6.07, 6.45) is 0. The maximum absolute atomic E-state index is 12.2. The minimum absolute atomic E-state index is 0.0362. The number of amides is 2. The van der Waals surface area contributed by atoms with Gasteiger partial charge in [-0.3, -0.25) is 9.59 Å². The topological polar surface area (TPSA) is 58.2 Å². The van der Waals surface area contributed by atoms with Gasteiger partial charge in [0.1, 0.15) is 0 Å². The van der Waals surface area contributed by atoms with Crippen molar-refractivity contribution in [3.05, 3.63) is 50.6 Å². The van der Waals surface area contributed by atoms with Crippen molar-refractivity contribution in [2.24, 2.45) is 0 Å². The molecule has 0 aliphatic carbocycles. The van der Waals surface area contributed by atoms with E-state index in [0.29, 0.717) is 16.8 Å². The molecule has 0 fully saturated rings. The van der Waals surface area contributed by atoms with Gasteiger partial charge in [0.15, 0.2) is 0 Å². The van der Waals surface area contributed by atoms with E-state index in [1.807, 2.05) is 13.8 Å². The van der Waals surface area contributed by atoms with Crippen LogP contribution < -0.4 is 10.6 Å². The van der Waals surface area contributed by atoms with Gasteiger partial charge in [-0.1, -0.05) is 12.1 Å². The average Bonchev–Trinajstić information content (AvgIpc) is 2.85.